The summed E-state index contributed by atoms with van der Waals surface area (Å²) < 4.78 is 52.3. The summed E-state index contributed by atoms with van der Waals surface area (Å²) >= 11 is 0. The predicted octanol–water partition coefficient (Wildman–Crippen LogP) is -0.701. The average Bonchev–Trinajstić information content (AvgIpc) is 1.14. The molecule has 3 N–H and O–H groups in total. The van der Waals surface area contributed by atoms with Crippen LogP contribution in [0.2, 0.25) is 0 Å². The summed E-state index contributed by atoms with van der Waals surface area (Å²) in [5.41, 5.74) is 0. The van der Waals surface area contributed by atoms with Crippen molar-refractivity contribution in [3.63, 3.8) is 0 Å². The van der Waals surface area contributed by atoms with E-state index >= 15 is 0 Å². The molecule has 0 aliphatic rings. The highest BCUT2D eigenvalue weighted by Gasteiger charge is 2.31. The Bertz CT molecular complexity index is 180. The lowest BCUT2D eigenvalue weighted by Gasteiger charge is -2.03. The van der Waals surface area contributed by atoms with E-state index in [0.29, 0.717) is 0 Å². The standard InChI is InChI=1S/CH3F3N2O2S/c2-1(3,4)6-9(5,7)8/h6H,(H2,5,7,8). The number of alkyl halides is 3. The van der Waals surface area contributed by atoms with Crippen molar-refractivity contribution in [3.8, 4) is 0 Å². The lowest BCUT2D eigenvalue weighted by Crippen LogP contribution is -2.41. The summed E-state index contributed by atoms with van der Waals surface area (Å²) in [7, 11) is -4.66. The molecule has 0 spiro atoms. The largest absolute Gasteiger partial charge is 0.471 e. The minimum atomic E-state index is -4.98. The zero-order valence-electron chi connectivity index (χ0n) is 3.94. The van der Waals surface area contributed by atoms with E-state index in [2.05, 4.69) is 5.14 Å². The second-order valence-electron chi connectivity index (χ2n) is 1.14. The van der Waals surface area contributed by atoms with Crippen LogP contribution >= 0.6 is 0 Å². The average molecular weight is 164 g/mol. The Morgan fingerprint density at radius 2 is 1.67 bits per heavy atom. The number of nitrogens with two attached hydrogens (primary N) is 1. The molecule has 0 heterocycles. The van der Waals surface area contributed by atoms with Crippen LogP contribution in [0.5, 0.6) is 0 Å². The molecule has 4 nitrogen and oxygen atoms in total. The van der Waals surface area contributed by atoms with Gasteiger partial charge in [-0.05, 0) is 0 Å². The van der Waals surface area contributed by atoms with E-state index in [4.69, 9.17) is 0 Å². The fraction of sp³-hybridized carbons (Fsp3) is 1.00. The Labute approximate surface area is 49.0 Å². The first-order valence-corrected chi connectivity index (χ1v) is 3.14. The molecule has 8 heteroatoms. The van der Waals surface area contributed by atoms with Gasteiger partial charge < -0.3 is 0 Å². The summed E-state index contributed by atoms with van der Waals surface area (Å²) in [5, 5.41) is 3.96. The maximum Gasteiger partial charge on any atom is 0.471 e. The van der Waals surface area contributed by atoms with Gasteiger partial charge >= 0.3 is 6.30 Å². The van der Waals surface area contributed by atoms with Crippen molar-refractivity contribution in [3.05, 3.63) is 0 Å². The Kier molecular flexibility index (Phi) is 2.04. The first kappa shape index (κ1) is 8.66. The highest BCUT2D eigenvalue weighted by atomic mass is 32.2. The van der Waals surface area contributed by atoms with E-state index < -0.39 is 16.5 Å². The van der Waals surface area contributed by atoms with Gasteiger partial charge in [-0.2, -0.15) is 21.6 Å². The SMILES string of the molecule is NS(=O)(=O)NC(F)(F)F. The van der Waals surface area contributed by atoms with Gasteiger partial charge in [0, 0.05) is 0 Å². The normalized spacial score (nSPS) is 13.8. The first-order valence-electron chi connectivity index (χ1n) is 1.59. The zero-order valence-corrected chi connectivity index (χ0v) is 4.75. The molecule has 0 saturated carbocycles. The molecule has 0 aromatic heterocycles. The van der Waals surface area contributed by atoms with Crippen molar-refractivity contribution in [2.24, 2.45) is 5.14 Å². The molecule has 56 valence electrons. The summed E-state index contributed by atoms with van der Waals surface area (Å²) in [6.45, 7) is 0. The van der Waals surface area contributed by atoms with Crippen molar-refractivity contribution in [2.75, 3.05) is 0 Å². The van der Waals surface area contributed by atoms with E-state index in [0.717, 1.165) is 0 Å². The Morgan fingerprint density at radius 3 is 1.67 bits per heavy atom. The van der Waals surface area contributed by atoms with Gasteiger partial charge in [0.25, 0.3) is 10.2 Å². The van der Waals surface area contributed by atoms with Gasteiger partial charge in [-0.3, -0.25) is 0 Å². The Balaban J connectivity index is 4.07. The Morgan fingerprint density at radius 1 is 1.33 bits per heavy atom. The first-order chi connectivity index (χ1) is 3.71. The van der Waals surface area contributed by atoms with E-state index in [9.17, 15) is 21.6 Å². The summed E-state index contributed by atoms with van der Waals surface area (Å²) in [4.78, 5) is 0. The van der Waals surface area contributed by atoms with Gasteiger partial charge in [-0.25, -0.2) is 5.14 Å². The molecule has 9 heavy (non-hydrogen) atoms. The monoisotopic (exact) mass is 164 g/mol. The van der Waals surface area contributed by atoms with Gasteiger partial charge in [-0.15, -0.1) is 4.72 Å². The van der Waals surface area contributed by atoms with E-state index in [1.165, 1.54) is 0 Å². The third-order valence-electron chi connectivity index (χ3n) is 0.258. The summed E-state index contributed by atoms with van der Waals surface area (Å²) in [5.74, 6) is 0. The molecule has 0 saturated heterocycles. The van der Waals surface area contributed by atoms with E-state index in [1.54, 1.807) is 0 Å². The maximum absolute atomic E-state index is 11.0. The summed E-state index contributed by atoms with van der Waals surface area (Å²) in [6, 6.07) is 0. The molecular formula is CH3F3N2O2S. The van der Waals surface area contributed by atoms with E-state index in [-0.39, 0.29) is 4.72 Å². The van der Waals surface area contributed by atoms with Gasteiger partial charge in [0.05, 0.1) is 0 Å². The molecule has 0 radical (unpaired) electrons. The van der Waals surface area contributed by atoms with Crippen LogP contribution in [0.4, 0.5) is 13.2 Å². The second-order valence-corrected chi connectivity index (χ2v) is 2.44. The number of hydrogen-bond donors (Lipinski definition) is 2. The van der Waals surface area contributed by atoms with Crippen molar-refractivity contribution in [1.82, 2.24) is 4.72 Å². The van der Waals surface area contributed by atoms with Crippen LogP contribution in [0.15, 0.2) is 0 Å². The van der Waals surface area contributed by atoms with Crippen molar-refractivity contribution in [1.29, 1.82) is 0 Å². The maximum atomic E-state index is 11.0. The van der Waals surface area contributed by atoms with Crippen LogP contribution in [-0.2, 0) is 10.2 Å². The molecule has 0 amide bonds. The second kappa shape index (κ2) is 2.12. The van der Waals surface area contributed by atoms with Crippen LogP contribution in [0, 0.1) is 0 Å². The molecule has 0 unspecified atom stereocenters. The van der Waals surface area contributed by atoms with Crippen molar-refractivity contribution < 1.29 is 21.6 Å². The van der Waals surface area contributed by atoms with Crippen LogP contribution < -0.4 is 9.86 Å². The number of rotatable bonds is 1. The third-order valence-corrected chi connectivity index (χ3v) is 0.774. The highest BCUT2D eigenvalue weighted by molar-refractivity contribution is 7.87. The number of hydrogen-bond acceptors (Lipinski definition) is 2. The fourth-order valence-corrected chi connectivity index (χ4v) is 0.484. The smallest absolute Gasteiger partial charge is 0.216 e. The molecule has 0 atom stereocenters. The van der Waals surface area contributed by atoms with Crippen LogP contribution in [-0.4, -0.2) is 14.7 Å². The van der Waals surface area contributed by atoms with Gasteiger partial charge in [0.2, 0.25) is 0 Å². The van der Waals surface area contributed by atoms with Crippen molar-refractivity contribution >= 4 is 10.2 Å². The molecule has 0 aromatic rings. The van der Waals surface area contributed by atoms with Crippen molar-refractivity contribution in [2.45, 2.75) is 6.30 Å². The predicted molar refractivity (Wildman–Crippen MR) is 22.3 cm³/mol. The van der Waals surface area contributed by atoms with Crippen LogP contribution in [0.1, 0.15) is 0 Å². The minimum absolute atomic E-state index is 0.208. The molecule has 0 aromatic carbocycles. The molecular weight excluding hydrogens is 161 g/mol. The number of nitrogens with one attached hydrogen (secondary N) is 1. The van der Waals surface area contributed by atoms with Gasteiger partial charge in [0.15, 0.2) is 0 Å². The Hall–Kier alpha value is -0.340. The topological polar surface area (TPSA) is 72.2 Å². The number of halogens is 3. The molecule has 0 bridgehead atoms. The van der Waals surface area contributed by atoms with Crippen LogP contribution in [0.25, 0.3) is 0 Å². The van der Waals surface area contributed by atoms with Gasteiger partial charge in [-0.1, -0.05) is 0 Å². The van der Waals surface area contributed by atoms with Gasteiger partial charge in [0.1, 0.15) is 0 Å². The highest BCUT2D eigenvalue weighted by Crippen LogP contribution is 2.09. The third kappa shape index (κ3) is 7.66. The quantitative estimate of drug-likeness (QED) is 0.503. The molecule has 0 rings (SSSR count). The summed E-state index contributed by atoms with van der Waals surface area (Å²) in [6.07, 6.45) is -4.98. The van der Waals surface area contributed by atoms with Crippen LogP contribution in [0.3, 0.4) is 0 Å². The molecule has 0 fully saturated rings. The minimum Gasteiger partial charge on any atom is -0.216 e. The van der Waals surface area contributed by atoms with E-state index in [1.807, 2.05) is 0 Å². The zero-order chi connectivity index (χ0) is 7.71. The molecule has 0 aliphatic carbocycles. The lowest BCUT2D eigenvalue weighted by molar-refractivity contribution is -0.138. The lowest BCUT2D eigenvalue weighted by atomic mass is 11.3. The fourth-order valence-electron chi connectivity index (χ4n) is 0.161. The molecule has 0 aliphatic heterocycles.